The molecule has 0 atom stereocenters. The van der Waals surface area contributed by atoms with Gasteiger partial charge in [-0.2, -0.15) is 0 Å². The van der Waals surface area contributed by atoms with Crippen molar-refractivity contribution in [1.82, 2.24) is 10.9 Å². The summed E-state index contributed by atoms with van der Waals surface area (Å²) in [5.41, 5.74) is 5.35. The Balaban J connectivity index is 1.61. The SMILES string of the molecule is Cc1cccc(OCC(=O)NNC(=O)c2ccc(Cl)c(NS(=O)(=O)c3ccc(F)cc3)c2)c1. The van der Waals surface area contributed by atoms with E-state index in [1.54, 1.807) is 18.2 Å². The fourth-order valence-electron chi connectivity index (χ4n) is 2.65. The molecule has 0 fully saturated rings. The van der Waals surface area contributed by atoms with Crippen LogP contribution < -0.4 is 20.3 Å². The predicted octanol–water partition coefficient (Wildman–Crippen LogP) is 3.43. The lowest BCUT2D eigenvalue weighted by atomic mass is 10.2. The Hall–Kier alpha value is -3.63. The number of hydrazine groups is 1. The van der Waals surface area contributed by atoms with E-state index in [1.165, 1.54) is 18.2 Å². The van der Waals surface area contributed by atoms with E-state index < -0.39 is 27.7 Å². The Labute approximate surface area is 194 Å². The average Bonchev–Trinajstić information content (AvgIpc) is 2.77. The third kappa shape index (κ3) is 6.67. The number of halogens is 2. The first-order chi connectivity index (χ1) is 15.6. The molecule has 3 aromatic carbocycles. The summed E-state index contributed by atoms with van der Waals surface area (Å²) in [5, 5.41) is 0.0350. The van der Waals surface area contributed by atoms with Crippen molar-refractivity contribution in [2.24, 2.45) is 0 Å². The number of nitrogens with one attached hydrogen (secondary N) is 3. The molecule has 0 saturated carbocycles. The fourth-order valence-corrected chi connectivity index (χ4v) is 3.94. The molecule has 0 aliphatic rings. The summed E-state index contributed by atoms with van der Waals surface area (Å²) in [7, 11) is -4.08. The van der Waals surface area contributed by atoms with Gasteiger partial charge in [0.2, 0.25) is 0 Å². The first-order valence-corrected chi connectivity index (χ1v) is 11.4. The van der Waals surface area contributed by atoms with E-state index in [9.17, 15) is 22.4 Å². The van der Waals surface area contributed by atoms with Crippen molar-refractivity contribution in [2.75, 3.05) is 11.3 Å². The molecular weight excluding hydrogens is 473 g/mol. The average molecular weight is 492 g/mol. The molecule has 0 aliphatic carbocycles. The third-order valence-electron chi connectivity index (χ3n) is 4.27. The Kier molecular flexibility index (Phi) is 7.52. The van der Waals surface area contributed by atoms with Crippen LogP contribution in [0.3, 0.4) is 0 Å². The number of carbonyl (C=O) groups is 2. The van der Waals surface area contributed by atoms with E-state index in [0.717, 1.165) is 29.8 Å². The van der Waals surface area contributed by atoms with Gasteiger partial charge in [0.25, 0.3) is 21.8 Å². The number of anilines is 1. The third-order valence-corrected chi connectivity index (χ3v) is 5.98. The molecule has 0 saturated heterocycles. The summed E-state index contributed by atoms with van der Waals surface area (Å²) in [6, 6.07) is 15.2. The van der Waals surface area contributed by atoms with Gasteiger partial charge in [-0.15, -0.1) is 0 Å². The summed E-state index contributed by atoms with van der Waals surface area (Å²) in [4.78, 5) is 24.1. The van der Waals surface area contributed by atoms with Crippen LogP contribution in [0.4, 0.5) is 10.1 Å². The Bertz CT molecular complexity index is 1280. The van der Waals surface area contributed by atoms with Crippen LogP contribution in [0, 0.1) is 12.7 Å². The van der Waals surface area contributed by atoms with Gasteiger partial charge in [-0.3, -0.25) is 25.2 Å². The molecule has 11 heteroatoms. The number of sulfonamides is 1. The smallest absolute Gasteiger partial charge is 0.276 e. The molecule has 2 amide bonds. The normalized spacial score (nSPS) is 10.9. The highest BCUT2D eigenvalue weighted by Crippen LogP contribution is 2.26. The summed E-state index contributed by atoms with van der Waals surface area (Å²) in [6.07, 6.45) is 0. The zero-order valence-electron chi connectivity index (χ0n) is 17.3. The zero-order valence-corrected chi connectivity index (χ0v) is 18.8. The molecule has 3 N–H and O–H groups in total. The minimum atomic E-state index is -4.08. The molecule has 0 unspecified atom stereocenters. The van der Waals surface area contributed by atoms with Crippen molar-refractivity contribution in [1.29, 1.82) is 0 Å². The highest BCUT2D eigenvalue weighted by atomic mass is 35.5. The molecule has 0 aliphatic heterocycles. The summed E-state index contributed by atoms with van der Waals surface area (Å²) in [6.45, 7) is 1.56. The van der Waals surface area contributed by atoms with Gasteiger partial charge in [0, 0.05) is 5.56 Å². The topological polar surface area (TPSA) is 114 Å². The number of hydrogen-bond donors (Lipinski definition) is 3. The van der Waals surface area contributed by atoms with Crippen LogP contribution in [0.5, 0.6) is 5.75 Å². The minimum Gasteiger partial charge on any atom is -0.484 e. The Morgan fingerprint density at radius 2 is 1.73 bits per heavy atom. The van der Waals surface area contributed by atoms with Crippen LogP contribution >= 0.6 is 11.6 Å². The molecule has 0 spiro atoms. The number of amides is 2. The standard InChI is InChI=1S/C22H19ClFN3O5S/c1-14-3-2-4-17(11-14)32-13-21(28)25-26-22(29)15-5-10-19(23)20(12-15)27-33(30,31)18-8-6-16(24)7-9-18/h2-12,27H,13H2,1H3,(H,25,28)(H,26,29). The van der Waals surface area contributed by atoms with E-state index in [0.29, 0.717) is 5.75 Å². The number of aryl methyl sites for hydroxylation is 1. The van der Waals surface area contributed by atoms with Crippen LogP contribution in [-0.2, 0) is 14.8 Å². The molecular formula is C22H19ClFN3O5S. The molecule has 8 nitrogen and oxygen atoms in total. The number of hydrogen-bond acceptors (Lipinski definition) is 5. The predicted molar refractivity (Wildman–Crippen MR) is 121 cm³/mol. The van der Waals surface area contributed by atoms with E-state index in [2.05, 4.69) is 15.6 Å². The zero-order chi connectivity index (χ0) is 24.0. The lowest BCUT2D eigenvalue weighted by molar-refractivity contribution is -0.123. The minimum absolute atomic E-state index is 0.0242. The summed E-state index contributed by atoms with van der Waals surface area (Å²) < 4.78 is 45.7. The van der Waals surface area contributed by atoms with E-state index in [4.69, 9.17) is 16.3 Å². The van der Waals surface area contributed by atoms with Crippen molar-refractivity contribution in [2.45, 2.75) is 11.8 Å². The lowest BCUT2D eigenvalue weighted by Crippen LogP contribution is -2.43. The Morgan fingerprint density at radius 3 is 2.42 bits per heavy atom. The van der Waals surface area contributed by atoms with Crippen molar-refractivity contribution >= 4 is 39.1 Å². The first kappa shape index (κ1) is 24.0. The number of benzene rings is 3. The maximum atomic E-state index is 13.1. The van der Waals surface area contributed by atoms with Gasteiger partial charge in [-0.05, 0) is 67.1 Å². The highest BCUT2D eigenvalue weighted by Gasteiger charge is 2.18. The van der Waals surface area contributed by atoms with Crippen molar-refractivity contribution in [3.63, 3.8) is 0 Å². The lowest BCUT2D eigenvalue weighted by Gasteiger charge is -2.12. The van der Waals surface area contributed by atoms with Crippen LogP contribution in [0.25, 0.3) is 0 Å². The second kappa shape index (κ2) is 10.3. The first-order valence-electron chi connectivity index (χ1n) is 9.50. The van der Waals surface area contributed by atoms with Gasteiger partial charge in [0.15, 0.2) is 6.61 Å². The van der Waals surface area contributed by atoms with E-state index in [-0.39, 0.29) is 27.8 Å². The molecule has 3 rings (SSSR count). The van der Waals surface area contributed by atoms with Crippen molar-refractivity contribution < 1.29 is 27.1 Å². The molecule has 0 radical (unpaired) electrons. The molecule has 0 heterocycles. The maximum Gasteiger partial charge on any atom is 0.276 e. The van der Waals surface area contributed by atoms with Gasteiger partial charge >= 0.3 is 0 Å². The second-order valence-corrected chi connectivity index (χ2v) is 8.95. The molecule has 0 bridgehead atoms. The Morgan fingerprint density at radius 1 is 1.00 bits per heavy atom. The largest absolute Gasteiger partial charge is 0.484 e. The van der Waals surface area contributed by atoms with E-state index in [1.807, 2.05) is 13.0 Å². The van der Waals surface area contributed by atoms with Gasteiger partial charge in [0.05, 0.1) is 15.6 Å². The van der Waals surface area contributed by atoms with Crippen LogP contribution in [-0.4, -0.2) is 26.8 Å². The number of ether oxygens (including phenoxy) is 1. The van der Waals surface area contributed by atoms with Crippen LogP contribution in [0.1, 0.15) is 15.9 Å². The monoisotopic (exact) mass is 491 g/mol. The summed E-state index contributed by atoms with van der Waals surface area (Å²) >= 11 is 6.05. The molecule has 3 aromatic rings. The second-order valence-electron chi connectivity index (χ2n) is 6.86. The van der Waals surface area contributed by atoms with Gasteiger partial charge in [0.1, 0.15) is 11.6 Å². The van der Waals surface area contributed by atoms with Gasteiger partial charge < -0.3 is 4.74 Å². The van der Waals surface area contributed by atoms with Crippen molar-refractivity contribution in [3.05, 3.63) is 88.7 Å². The van der Waals surface area contributed by atoms with Crippen LogP contribution in [0.15, 0.2) is 71.6 Å². The quantitative estimate of drug-likeness (QED) is 0.438. The molecule has 33 heavy (non-hydrogen) atoms. The summed E-state index contributed by atoms with van der Waals surface area (Å²) in [5.74, 6) is -1.39. The van der Waals surface area contributed by atoms with E-state index >= 15 is 0 Å². The van der Waals surface area contributed by atoms with Crippen LogP contribution in [0.2, 0.25) is 5.02 Å². The van der Waals surface area contributed by atoms with Crippen molar-refractivity contribution in [3.8, 4) is 5.75 Å². The fraction of sp³-hybridized carbons (Fsp3) is 0.0909. The van der Waals surface area contributed by atoms with Gasteiger partial charge in [-0.1, -0.05) is 23.7 Å². The highest BCUT2D eigenvalue weighted by molar-refractivity contribution is 7.92. The number of rotatable bonds is 7. The molecule has 0 aromatic heterocycles. The number of carbonyl (C=O) groups excluding carboxylic acids is 2. The maximum absolute atomic E-state index is 13.1. The van der Waals surface area contributed by atoms with Gasteiger partial charge in [-0.25, -0.2) is 12.8 Å². The molecule has 172 valence electrons.